The van der Waals surface area contributed by atoms with Gasteiger partial charge in [-0.3, -0.25) is 4.79 Å². The molecular formula is C20H16ClN3O4. The molecule has 0 bridgehead atoms. The van der Waals surface area contributed by atoms with Crippen molar-refractivity contribution >= 4 is 29.2 Å². The second kappa shape index (κ2) is 7.82. The number of amides is 1. The fraction of sp³-hybridized carbons (Fsp3) is 0.200. The van der Waals surface area contributed by atoms with E-state index in [9.17, 15) is 9.59 Å². The highest BCUT2D eigenvalue weighted by molar-refractivity contribution is 6.30. The predicted octanol–water partition coefficient (Wildman–Crippen LogP) is 3.87. The highest BCUT2D eigenvalue weighted by atomic mass is 35.5. The van der Waals surface area contributed by atoms with Gasteiger partial charge in [0.2, 0.25) is 11.7 Å². The van der Waals surface area contributed by atoms with Crippen molar-refractivity contribution in [1.82, 2.24) is 10.1 Å². The Hall–Kier alpha value is -3.19. The summed E-state index contributed by atoms with van der Waals surface area (Å²) >= 11 is 5.86. The van der Waals surface area contributed by atoms with E-state index in [1.807, 2.05) is 0 Å². The highest BCUT2D eigenvalue weighted by Crippen LogP contribution is 2.22. The largest absolute Gasteiger partial charge is 0.452 e. The van der Waals surface area contributed by atoms with Gasteiger partial charge in [-0.1, -0.05) is 16.8 Å². The number of carbonyl (C=O) groups is 2. The zero-order chi connectivity index (χ0) is 19.5. The van der Waals surface area contributed by atoms with Gasteiger partial charge in [0.15, 0.2) is 6.61 Å². The van der Waals surface area contributed by atoms with Crippen LogP contribution in [0.25, 0.3) is 11.4 Å². The maximum atomic E-state index is 12.2. The van der Waals surface area contributed by atoms with E-state index in [4.69, 9.17) is 20.9 Å². The van der Waals surface area contributed by atoms with Crippen molar-refractivity contribution in [1.29, 1.82) is 0 Å². The number of nitrogens with zero attached hydrogens (tertiary/aromatic N) is 3. The van der Waals surface area contributed by atoms with Gasteiger partial charge in [-0.2, -0.15) is 4.98 Å². The Balaban J connectivity index is 1.36. The smallest absolute Gasteiger partial charge is 0.338 e. The molecule has 0 unspecified atom stereocenters. The monoisotopic (exact) mass is 397 g/mol. The second-order valence-corrected chi connectivity index (χ2v) is 6.73. The minimum absolute atomic E-state index is 0.100. The summed E-state index contributed by atoms with van der Waals surface area (Å²) in [5, 5.41) is 4.48. The Kier molecular flexibility index (Phi) is 5.08. The van der Waals surface area contributed by atoms with E-state index >= 15 is 0 Å². The molecular weight excluding hydrogens is 382 g/mol. The van der Waals surface area contributed by atoms with Crippen molar-refractivity contribution in [3.63, 3.8) is 0 Å². The minimum atomic E-state index is -0.509. The van der Waals surface area contributed by atoms with Crippen molar-refractivity contribution in [2.75, 3.05) is 11.4 Å². The Labute approximate surface area is 165 Å². The average molecular weight is 398 g/mol. The van der Waals surface area contributed by atoms with E-state index in [0.717, 1.165) is 17.7 Å². The summed E-state index contributed by atoms with van der Waals surface area (Å²) in [5.74, 6) is 0.175. The third-order valence-corrected chi connectivity index (χ3v) is 4.64. The molecule has 1 aliphatic rings. The first-order valence-corrected chi connectivity index (χ1v) is 9.14. The quantitative estimate of drug-likeness (QED) is 0.607. The molecule has 7 nitrogen and oxygen atoms in total. The summed E-state index contributed by atoms with van der Waals surface area (Å²) in [5.41, 5.74) is 1.91. The highest BCUT2D eigenvalue weighted by Gasteiger charge is 2.22. The zero-order valence-corrected chi connectivity index (χ0v) is 15.6. The molecule has 0 N–H and O–H groups in total. The van der Waals surface area contributed by atoms with Crippen LogP contribution in [0.5, 0.6) is 0 Å². The molecule has 1 aromatic heterocycles. The van der Waals surface area contributed by atoms with E-state index in [1.165, 1.54) is 0 Å². The summed E-state index contributed by atoms with van der Waals surface area (Å²) in [4.78, 5) is 29.9. The van der Waals surface area contributed by atoms with Crippen LogP contribution in [-0.4, -0.2) is 28.6 Å². The molecule has 0 spiro atoms. The minimum Gasteiger partial charge on any atom is -0.452 e. The van der Waals surface area contributed by atoms with Gasteiger partial charge >= 0.3 is 5.97 Å². The second-order valence-electron chi connectivity index (χ2n) is 6.29. The van der Waals surface area contributed by atoms with Gasteiger partial charge < -0.3 is 14.2 Å². The lowest BCUT2D eigenvalue weighted by Crippen LogP contribution is -2.23. The molecule has 4 rings (SSSR count). The first kappa shape index (κ1) is 18.2. The summed E-state index contributed by atoms with van der Waals surface area (Å²) in [6.45, 7) is 0.571. The summed E-state index contributed by atoms with van der Waals surface area (Å²) in [7, 11) is 0. The van der Waals surface area contributed by atoms with E-state index in [1.54, 1.807) is 53.4 Å². The average Bonchev–Trinajstić information content (AvgIpc) is 3.36. The SMILES string of the molecule is O=C(OCc1nc(-c2ccc(Cl)cc2)no1)c1ccc(N2CCCC2=O)cc1. The fourth-order valence-electron chi connectivity index (χ4n) is 2.94. The van der Waals surface area contributed by atoms with Crippen molar-refractivity contribution in [2.24, 2.45) is 0 Å². The lowest BCUT2D eigenvalue weighted by atomic mass is 10.2. The molecule has 0 radical (unpaired) electrons. The lowest BCUT2D eigenvalue weighted by molar-refractivity contribution is -0.117. The normalized spacial score (nSPS) is 13.8. The predicted molar refractivity (Wildman–Crippen MR) is 102 cm³/mol. The van der Waals surface area contributed by atoms with Crippen LogP contribution in [0.3, 0.4) is 0 Å². The first-order valence-electron chi connectivity index (χ1n) is 8.76. The summed E-state index contributed by atoms with van der Waals surface area (Å²) in [6, 6.07) is 13.8. The third kappa shape index (κ3) is 3.89. The van der Waals surface area contributed by atoms with Gasteiger partial charge in [-0.15, -0.1) is 0 Å². The van der Waals surface area contributed by atoms with Crippen LogP contribution in [0.2, 0.25) is 5.02 Å². The van der Waals surface area contributed by atoms with E-state index < -0.39 is 5.97 Å². The van der Waals surface area contributed by atoms with Gasteiger partial charge in [-0.25, -0.2) is 4.79 Å². The molecule has 0 atom stereocenters. The molecule has 1 aliphatic heterocycles. The third-order valence-electron chi connectivity index (χ3n) is 4.39. The zero-order valence-electron chi connectivity index (χ0n) is 14.8. The molecule has 28 heavy (non-hydrogen) atoms. The summed E-state index contributed by atoms with van der Waals surface area (Å²) in [6.07, 6.45) is 1.41. The van der Waals surface area contributed by atoms with Gasteiger partial charge in [0, 0.05) is 29.2 Å². The lowest BCUT2D eigenvalue weighted by Gasteiger charge is -2.15. The number of aromatic nitrogens is 2. The molecule has 2 heterocycles. The Morgan fingerprint density at radius 2 is 1.89 bits per heavy atom. The van der Waals surface area contributed by atoms with Crippen LogP contribution in [0.1, 0.15) is 29.1 Å². The van der Waals surface area contributed by atoms with Gasteiger partial charge in [0.1, 0.15) is 0 Å². The molecule has 2 aromatic carbocycles. The van der Waals surface area contributed by atoms with Gasteiger partial charge in [-0.05, 0) is 55.0 Å². The van der Waals surface area contributed by atoms with Crippen LogP contribution in [0.15, 0.2) is 53.1 Å². The molecule has 142 valence electrons. The number of hydrogen-bond acceptors (Lipinski definition) is 6. The van der Waals surface area contributed by atoms with E-state index in [2.05, 4.69) is 10.1 Å². The number of esters is 1. The Morgan fingerprint density at radius 1 is 1.14 bits per heavy atom. The number of benzene rings is 2. The molecule has 1 amide bonds. The van der Waals surface area contributed by atoms with Gasteiger partial charge in [0.05, 0.1) is 5.56 Å². The van der Waals surface area contributed by atoms with Crippen molar-refractivity contribution in [3.05, 3.63) is 65.0 Å². The maximum absolute atomic E-state index is 12.2. The topological polar surface area (TPSA) is 85.5 Å². The number of rotatable bonds is 5. The fourth-order valence-corrected chi connectivity index (χ4v) is 3.06. The van der Waals surface area contributed by atoms with Crippen LogP contribution >= 0.6 is 11.6 Å². The number of anilines is 1. The number of carbonyl (C=O) groups excluding carboxylic acids is 2. The molecule has 0 saturated carbocycles. The van der Waals surface area contributed by atoms with Crippen molar-refractivity contribution in [2.45, 2.75) is 19.4 Å². The summed E-state index contributed by atoms with van der Waals surface area (Å²) < 4.78 is 10.4. The van der Waals surface area contributed by atoms with Crippen LogP contribution < -0.4 is 4.90 Å². The first-order chi connectivity index (χ1) is 13.6. The number of hydrogen-bond donors (Lipinski definition) is 0. The standard InChI is InChI=1S/C20H16ClN3O4/c21-15-7-3-13(4-8-15)19-22-17(28-23-19)12-27-20(26)14-5-9-16(10-6-14)24-11-1-2-18(24)25/h3-10H,1-2,11-12H2. The van der Waals surface area contributed by atoms with Gasteiger partial charge in [0.25, 0.3) is 5.89 Å². The molecule has 0 aliphatic carbocycles. The number of ether oxygens (including phenoxy) is 1. The van der Waals surface area contributed by atoms with Crippen LogP contribution in [0, 0.1) is 0 Å². The van der Waals surface area contributed by atoms with Crippen LogP contribution in [-0.2, 0) is 16.1 Å². The van der Waals surface area contributed by atoms with Crippen LogP contribution in [0.4, 0.5) is 5.69 Å². The Morgan fingerprint density at radius 3 is 2.57 bits per heavy atom. The maximum Gasteiger partial charge on any atom is 0.338 e. The van der Waals surface area contributed by atoms with E-state index in [0.29, 0.717) is 29.4 Å². The molecule has 8 heteroatoms. The van der Waals surface area contributed by atoms with E-state index in [-0.39, 0.29) is 18.4 Å². The number of halogens is 1. The molecule has 3 aromatic rings. The van der Waals surface area contributed by atoms with Crippen molar-refractivity contribution in [3.8, 4) is 11.4 Å². The molecule has 1 fully saturated rings. The molecule has 1 saturated heterocycles. The Bertz CT molecular complexity index is 999. The van der Waals surface area contributed by atoms with Crippen molar-refractivity contribution < 1.29 is 18.8 Å².